The summed E-state index contributed by atoms with van der Waals surface area (Å²) in [5.74, 6) is 1.68. The van der Waals surface area contributed by atoms with Gasteiger partial charge in [-0.05, 0) is 42.5 Å². The molecular formula is C16H20O2. The van der Waals surface area contributed by atoms with E-state index in [1.807, 2.05) is 18.2 Å². The average Bonchev–Trinajstić information content (AvgIpc) is 2.89. The van der Waals surface area contributed by atoms with Crippen LogP contribution in [0.1, 0.15) is 26.7 Å². The largest absolute Gasteiger partial charge is 0.494 e. The number of benzene rings is 1. The molecule has 0 aliphatic carbocycles. The van der Waals surface area contributed by atoms with Gasteiger partial charge in [-0.15, -0.1) is 0 Å². The zero-order chi connectivity index (χ0) is 12.8. The second-order valence-electron chi connectivity index (χ2n) is 4.92. The molecule has 0 radical (unpaired) electrons. The molecular weight excluding hydrogens is 224 g/mol. The highest BCUT2D eigenvalue weighted by Gasteiger charge is 2.00. The highest BCUT2D eigenvalue weighted by molar-refractivity contribution is 5.62. The molecule has 2 nitrogen and oxygen atoms in total. The Bertz CT molecular complexity index is 440. The fraction of sp³-hybridized carbons (Fsp3) is 0.375. The topological polar surface area (TPSA) is 22.4 Å². The molecule has 0 saturated heterocycles. The standard InChI is InChI=1S/C16H20O2/c1-13(2)4-3-10-18-16-7-5-14(6-8-16)15-9-11-17-12-15/h5-9,11-13H,3-4,10H2,1-2H3. The molecule has 0 fully saturated rings. The van der Waals surface area contributed by atoms with Crippen LogP contribution < -0.4 is 4.74 Å². The van der Waals surface area contributed by atoms with Gasteiger partial charge in [0.25, 0.3) is 0 Å². The SMILES string of the molecule is CC(C)CCCOc1ccc(-c2ccoc2)cc1. The van der Waals surface area contributed by atoms with Crippen LogP contribution in [-0.4, -0.2) is 6.61 Å². The summed E-state index contributed by atoms with van der Waals surface area (Å²) < 4.78 is 10.8. The maximum Gasteiger partial charge on any atom is 0.119 e. The van der Waals surface area contributed by atoms with E-state index in [0.29, 0.717) is 0 Å². The highest BCUT2D eigenvalue weighted by atomic mass is 16.5. The summed E-state index contributed by atoms with van der Waals surface area (Å²) in [4.78, 5) is 0. The molecule has 0 saturated carbocycles. The van der Waals surface area contributed by atoms with E-state index in [1.165, 1.54) is 6.42 Å². The van der Waals surface area contributed by atoms with E-state index in [9.17, 15) is 0 Å². The Hall–Kier alpha value is -1.70. The van der Waals surface area contributed by atoms with Gasteiger partial charge in [0.2, 0.25) is 0 Å². The summed E-state index contributed by atoms with van der Waals surface area (Å²) in [7, 11) is 0. The third-order valence-corrected chi connectivity index (χ3v) is 2.90. The van der Waals surface area contributed by atoms with Crippen LogP contribution in [0.3, 0.4) is 0 Å². The van der Waals surface area contributed by atoms with Gasteiger partial charge in [0.05, 0.1) is 19.1 Å². The van der Waals surface area contributed by atoms with Crippen molar-refractivity contribution in [2.45, 2.75) is 26.7 Å². The summed E-state index contributed by atoms with van der Waals surface area (Å²) >= 11 is 0. The van der Waals surface area contributed by atoms with E-state index < -0.39 is 0 Å². The smallest absolute Gasteiger partial charge is 0.119 e. The molecule has 1 aromatic heterocycles. The number of furan rings is 1. The Morgan fingerprint density at radius 2 is 1.83 bits per heavy atom. The van der Waals surface area contributed by atoms with Crippen molar-refractivity contribution in [3.05, 3.63) is 42.9 Å². The molecule has 0 N–H and O–H groups in total. The van der Waals surface area contributed by atoms with Gasteiger partial charge in [0, 0.05) is 5.56 Å². The molecule has 0 atom stereocenters. The number of hydrogen-bond donors (Lipinski definition) is 0. The Labute approximate surface area is 109 Å². The zero-order valence-electron chi connectivity index (χ0n) is 11.1. The predicted octanol–water partition coefficient (Wildman–Crippen LogP) is 4.76. The lowest BCUT2D eigenvalue weighted by Gasteiger charge is -2.08. The Balaban J connectivity index is 1.84. The van der Waals surface area contributed by atoms with E-state index in [0.717, 1.165) is 35.8 Å². The summed E-state index contributed by atoms with van der Waals surface area (Å²) in [6.45, 7) is 5.27. The van der Waals surface area contributed by atoms with Gasteiger partial charge in [-0.25, -0.2) is 0 Å². The first-order valence-electron chi connectivity index (χ1n) is 6.51. The van der Waals surface area contributed by atoms with E-state index in [1.54, 1.807) is 12.5 Å². The molecule has 1 heterocycles. The second-order valence-corrected chi connectivity index (χ2v) is 4.92. The predicted molar refractivity (Wildman–Crippen MR) is 73.7 cm³/mol. The minimum Gasteiger partial charge on any atom is -0.494 e. The van der Waals surface area contributed by atoms with E-state index in [-0.39, 0.29) is 0 Å². The second kappa shape index (κ2) is 6.29. The molecule has 0 amide bonds. The van der Waals surface area contributed by atoms with Crippen LogP contribution in [0.25, 0.3) is 11.1 Å². The summed E-state index contributed by atoms with van der Waals surface area (Å²) in [5, 5.41) is 0. The highest BCUT2D eigenvalue weighted by Crippen LogP contribution is 2.22. The molecule has 0 spiro atoms. The van der Waals surface area contributed by atoms with E-state index in [4.69, 9.17) is 9.15 Å². The van der Waals surface area contributed by atoms with Crippen molar-refractivity contribution in [2.75, 3.05) is 6.61 Å². The maximum absolute atomic E-state index is 5.71. The minimum atomic E-state index is 0.747. The summed E-state index contributed by atoms with van der Waals surface area (Å²) in [5.41, 5.74) is 2.25. The fourth-order valence-electron chi connectivity index (χ4n) is 1.85. The van der Waals surface area contributed by atoms with Crippen LogP contribution in [-0.2, 0) is 0 Å². The fourth-order valence-corrected chi connectivity index (χ4v) is 1.85. The van der Waals surface area contributed by atoms with Crippen LogP contribution >= 0.6 is 0 Å². The van der Waals surface area contributed by atoms with Crippen molar-refractivity contribution in [3.63, 3.8) is 0 Å². The Morgan fingerprint density at radius 3 is 2.44 bits per heavy atom. The minimum absolute atomic E-state index is 0.747. The molecule has 18 heavy (non-hydrogen) atoms. The Kier molecular flexibility index (Phi) is 4.46. The molecule has 2 aromatic rings. The van der Waals surface area contributed by atoms with Gasteiger partial charge in [-0.3, -0.25) is 0 Å². The molecule has 2 rings (SSSR count). The quantitative estimate of drug-likeness (QED) is 0.683. The number of ether oxygens (including phenoxy) is 1. The molecule has 2 heteroatoms. The van der Waals surface area contributed by atoms with E-state index in [2.05, 4.69) is 26.0 Å². The van der Waals surface area contributed by atoms with Crippen molar-refractivity contribution >= 4 is 0 Å². The Morgan fingerprint density at radius 1 is 1.06 bits per heavy atom. The monoisotopic (exact) mass is 244 g/mol. The molecule has 96 valence electrons. The molecule has 0 aliphatic heterocycles. The maximum atomic E-state index is 5.71. The van der Waals surface area contributed by atoms with Gasteiger partial charge in [0.15, 0.2) is 0 Å². The van der Waals surface area contributed by atoms with Crippen molar-refractivity contribution in [3.8, 4) is 16.9 Å². The average molecular weight is 244 g/mol. The molecule has 0 unspecified atom stereocenters. The third kappa shape index (κ3) is 3.66. The lowest BCUT2D eigenvalue weighted by molar-refractivity contribution is 0.298. The first kappa shape index (κ1) is 12.7. The zero-order valence-corrected chi connectivity index (χ0v) is 11.1. The summed E-state index contributed by atoms with van der Waals surface area (Å²) in [6.07, 6.45) is 5.76. The van der Waals surface area contributed by atoms with Gasteiger partial charge >= 0.3 is 0 Å². The molecule has 0 bridgehead atoms. The van der Waals surface area contributed by atoms with Crippen molar-refractivity contribution in [1.29, 1.82) is 0 Å². The lowest BCUT2D eigenvalue weighted by atomic mass is 10.1. The van der Waals surface area contributed by atoms with Gasteiger partial charge < -0.3 is 9.15 Å². The van der Waals surface area contributed by atoms with Crippen LogP contribution in [0.15, 0.2) is 47.3 Å². The first-order valence-corrected chi connectivity index (χ1v) is 6.51. The van der Waals surface area contributed by atoms with Crippen LogP contribution in [0.5, 0.6) is 5.75 Å². The van der Waals surface area contributed by atoms with E-state index >= 15 is 0 Å². The van der Waals surface area contributed by atoms with Crippen LogP contribution in [0, 0.1) is 5.92 Å². The molecule has 0 aliphatic rings. The van der Waals surface area contributed by atoms with Gasteiger partial charge in [-0.2, -0.15) is 0 Å². The normalized spacial score (nSPS) is 10.8. The lowest BCUT2D eigenvalue weighted by Crippen LogP contribution is -1.99. The number of rotatable bonds is 6. The van der Waals surface area contributed by atoms with Gasteiger partial charge in [-0.1, -0.05) is 26.0 Å². The first-order chi connectivity index (χ1) is 8.75. The number of hydrogen-bond acceptors (Lipinski definition) is 2. The summed E-state index contributed by atoms with van der Waals surface area (Å²) in [6, 6.07) is 10.1. The van der Waals surface area contributed by atoms with Gasteiger partial charge in [0.1, 0.15) is 5.75 Å². The molecule has 1 aromatic carbocycles. The van der Waals surface area contributed by atoms with Crippen molar-refractivity contribution in [2.24, 2.45) is 5.92 Å². The third-order valence-electron chi connectivity index (χ3n) is 2.90. The van der Waals surface area contributed by atoms with Crippen LogP contribution in [0.2, 0.25) is 0 Å². The van der Waals surface area contributed by atoms with Crippen LogP contribution in [0.4, 0.5) is 0 Å². The van der Waals surface area contributed by atoms with Crippen molar-refractivity contribution in [1.82, 2.24) is 0 Å². The van der Waals surface area contributed by atoms with Crippen molar-refractivity contribution < 1.29 is 9.15 Å².